The maximum Gasteiger partial charge on any atom is 0.347 e. The van der Waals surface area contributed by atoms with Gasteiger partial charge in [0.15, 0.2) is 11.3 Å². The summed E-state index contributed by atoms with van der Waals surface area (Å²) >= 11 is 0. The Morgan fingerprint density at radius 2 is 2.10 bits per heavy atom. The number of rotatable bonds is 4. The van der Waals surface area contributed by atoms with Crippen LogP contribution in [0.3, 0.4) is 0 Å². The highest BCUT2D eigenvalue weighted by molar-refractivity contribution is 5.94. The molecule has 1 aromatic heterocycles. The lowest BCUT2D eigenvalue weighted by Crippen LogP contribution is -2.21. The Hall–Kier alpha value is -2.83. The van der Waals surface area contributed by atoms with E-state index in [1.54, 1.807) is 31.2 Å². The Labute approximate surface area is 120 Å². The number of hydrogen-bond acceptors (Lipinski definition) is 6. The van der Waals surface area contributed by atoms with E-state index in [0.29, 0.717) is 11.3 Å². The summed E-state index contributed by atoms with van der Waals surface area (Å²) in [5, 5.41) is 16.2. The summed E-state index contributed by atoms with van der Waals surface area (Å²) in [4.78, 5) is 23.4. The van der Waals surface area contributed by atoms with Crippen molar-refractivity contribution in [2.24, 2.45) is 0 Å². The van der Waals surface area contributed by atoms with Crippen LogP contribution in [0.1, 0.15) is 17.3 Å². The molecule has 0 unspecified atom stereocenters. The summed E-state index contributed by atoms with van der Waals surface area (Å²) in [5.41, 5.74) is -0.813. The highest BCUT2D eigenvalue weighted by Gasteiger charge is 2.23. The van der Waals surface area contributed by atoms with Crippen LogP contribution in [-0.2, 0) is 4.74 Å². The number of hydrogen-bond donors (Lipinski definition) is 2. The molecule has 0 spiro atoms. The van der Waals surface area contributed by atoms with Gasteiger partial charge in [0.1, 0.15) is 11.4 Å². The summed E-state index contributed by atoms with van der Waals surface area (Å²) in [5.74, 6) is -1.00. The van der Waals surface area contributed by atoms with E-state index in [1.807, 2.05) is 0 Å². The van der Waals surface area contributed by atoms with Crippen molar-refractivity contribution in [3.8, 4) is 22.8 Å². The Balaban J connectivity index is 2.64. The predicted octanol–water partition coefficient (Wildman–Crippen LogP) is 1.33. The Morgan fingerprint density at radius 3 is 2.76 bits per heavy atom. The fraction of sp³-hybridized carbons (Fsp3) is 0.214. The number of H-pyrrole nitrogens is 1. The Morgan fingerprint density at radius 1 is 1.38 bits per heavy atom. The molecule has 110 valence electrons. The van der Waals surface area contributed by atoms with Gasteiger partial charge in [0.05, 0.1) is 13.7 Å². The zero-order chi connectivity index (χ0) is 15.4. The van der Waals surface area contributed by atoms with Gasteiger partial charge in [-0.1, -0.05) is 12.1 Å². The number of aromatic nitrogens is 2. The predicted molar refractivity (Wildman–Crippen MR) is 74.5 cm³/mol. The minimum absolute atomic E-state index is 0.0371. The summed E-state index contributed by atoms with van der Waals surface area (Å²) in [6.45, 7) is 1.69. The Bertz CT molecular complexity index is 724. The molecule has 0 fully saturated rings. The molecule has 2 aromatic rings. The van der Waals surface area contributed by atoms with E-state index >= 15 is 0 Å². The molecular formula is C14H14N2O5. The number of aromatic amines is 1. The number of ether oxygens (including phenoxy) is 2. The van der Waals surface area contributed by atoms with Gasteiger partial charge < -0.3 is 14.6 Å². The number of carbonyl (C=O) groups excluding carboxylic acids is 1. The van der Waals surface area contributed by atoms with Gasteiger partial charge in [-0.05, 0) is 19.1 Å². The fourth-order valence-corrected chi connectivity index (χ4v) is 1.86. The summed E-state index contributed by atoms with van der Waals surface area (Å²) in [6.07, 6.45) is 0. The van der Waals surface area contributed by atoms with Crippen LogP contribution in [-0.4, -0.2) is 35.0 Å². The van der Waals surface area contributed by atoms with Crippen molar-refractivity contribution in [1.29, 1.82) is 0 Å². The minimum Gasteiger partial charge on any atom is -0.505 e. The molecular weight excluding hydrogens is 276 g/mol. The molecule has 21 heavy (non-hydrogen) atoms. The lowest BCUT2D eigenvalue weighted by atomic mass is 10.1. The third kappa shape index (κ3) is 2.71. The average molecular weight is 290 g/mol. The Kier molecular flexibility index (Phi) is 4.22. The van der Waals surface area contributed by atoms with E-state index < -0.39 is 22.8 Å². The molecule has 0 saturated heterocycles. The molecule has 0 atom stereocenters. The number of methoxy groups -OCH3 is 1. The molecule has 2 N–H and O–H groups in total. The zero-order valence-corrected chi connectivity index (χ0v) is 11.5. The molecule has 7 heteroatoms. The molecule has 0 aliphatic rings. The zero-order valence-electron chi connectivity index (χ0n) is 11.5. The van der Waals surface area contributed by atoms with Crippen LogP contribution >= 0.6 is 0 Å². The van der Waals surface area contributed by atoms with Gasteiger partial charge in [-0.25, -0.2) is 9.89 Å². The maximum atomic E-state index is 11.8. The van der Waals surface area contributed by atoms with E-state index in [0.717, 1.165) is 0 Å². The molecule has 0 bridgehead atoms. The molecule has 1 heterocycles. The van der Waals surface area contributed by atoms with Gasteiger partial charge in [-0.15, -0.1) is 0 Å². The normalized spacial score (nSPS) is 10.2. The second-order valence-electron chi connectivity index (χ2n) is 4.05. The highest BCUT2D eigenvalue weighted by atomic mass is 16.5. The number of aromatic hydroxyl groups is 1. The SMILES string of the molecule is CCOC(=O)c1c(O)c(-c2ccccc2OC)n[nH]c1=O. The van der Waals surface area contributed by atoms with E-state index in [-0.39, 0.29) is 12.3 Å². The number of esters is 1. The van der Waals surface area contributed by atoms with Gasteiger partial charge >= 0.3 is 5.97 Å². The topological polar surface area (TPSA) is 102 Å². The lowest BCUT2D eigenvalue weighted by molar-refractivity contribution is 0.0520. The number of benzene rings is 1. The smallest absolute Gasteiger partial charge is 0.347 e. The molecule has 0 aliphatic heterocycles. The van der Waals surface area contributed by atoms with E-state index in [4.69, 9.17) is 9.47 Å². The molecule has 0 aliphatic carbocycles. The van der Waals surface area contributed by atoms with Crippen LogP contribution < -0.4 is 10.3 Å². The molecule has 0 saturated carbocycles. The van der Waals surface area contributed by atoms with Crippen molar-refractivity contribution in [3.63, 3.8) is 0 Å². The average Bonchev–Trinajstić information content (AvgIpc) is 2.48. The van der Waals surface area contributed by atoms with E-state index in [1.165, 1.54) is 7.11 Å². The molecule has 7 nitrogen and oxygen atoms in total. The fourth-order valence-electron chi connectivity index (χ4n) is 1.86. The number of nitrogens with zero attached hydrogens (tertiary/aromatic N) is 1. The van der Waals surface area contributed by atoms with Gasteiger partial charge in [0.25, 0.3) is 5.56 Å². The first-order valence-corrected chi connectivity index (χ1v) is 6.22. The van der Waals surface area contributed by atoms with Crippen LogP contribution in [0.15, 0.2) is 29.1 Å². The van der Waals surface area contributed by atoms with Crippen molar-refractivity contribution in [3.05, 3.63) is 40.2 Å². The number of para-hydroxylation sites is 1. The summed E-state index contributed by atoms with van der Waals surface area (Å²) < 4.78 is 9.93. The van der Waals surface area contributed by atoms with Crippen molar-refractivity contribution in [1.82, 2.24) is 10.2 Å². The molecule has 0 amide bonds. The minimum atomic E-state index is -0.908. The van der Waals surface area contributed by atoms with Gasteiger partial charge in [-0.3, -0.25) is 4.79 Å². The van der Waals surface area contributed by atoms with E-state index in [2.05, 4.69) is 10.2 Å². The second-order valence-corrected chi connectivity index (χ2v) is 4.05. The standard InChI is InChI=1S/C14H14N2O5/c1-3-21-14(19)10-12(17)11(15-16-13(10)18)8-6-4-5-7-9(8)20-2/h4-7H,3H2,1-2H3,(H2,16,17,18). The highest BCUT2D eigenvalue weighted by Crippen LogP contribution is 2.34. The molecule has 0 radical (unpaired) electrons. The third-order valence-corrected chi connectivity index (χ3v) is 2.80. The van der Waals surface area contributed by atoms with Crippen LogP contribution in [0.2, 0.25) is 0 Å². The van der Waals surface area contributed by atoms with Crippen molar-refractivity contribution in [2.45, 2.75) is 6.92 Å². The van der Waals surface area contributed by atoms with Crippen molar-refractivity contribution >= 4 is 5.97 Å². The first-order valence-electron chi connectivity index (χ1n) is 6.22. The summed E-state index contributed by atoms with van der Waals surface area (Å²) in [7, 11) is 1.47. The maximum absolute atomic E-state index is 11.8. The van der Waals surface area contributed by atoms with Crippen LogP contribution in [0.25, 0.3) is 11.3 Å². The third-order valence-electron chi connectivity index (χ3n) is 2.80. The van der Waals surface area contributed by atoms with Crippen LogP contribution in [0.5, 0.6) is 11.5 Å². The molecule has 1 aromatic carbocycles. The lowest BCUT2D eigenvalue weighted by Gasteiger charge is -2.10. The second kappa shape index (κ2) is 6.08. The first-order chi connectivity index (χ1) is 10.1. The van der Waals surface area contributed by atoms with Crippen LogP contribution in [0, 0.1) is 0 Å². The quantitative estimate of drug-likeness (QED) is 0.824. The van der Waals surface area contributed by atoms with Crippen LogP contribution in [0.4, 0.5) is 0 Å². The molecule has 2 rings (SSSR count). The van der Waals surface area contributed by atoms with E-state index in [9.17, 15) is 14.7 Å². The van der Waals surface area contributed by atoms with Gasteiger partial charge in [0, 0.05) is 5.56 Å². The van der Waals surface area contributed by atoms with Crippen molar-refractivity contribution < 1.29 is 19.4 Å². The van der Waals surface area contributed by atoms with Crippen molar-refractivity contribution in [2.75, 3.05) is 13.7 Å². The van der Waals surface area contributed by atoms with Gasteiger partial charge in [-0.2, -0.15) is 5.10 Å². The van der Waals surface area contributed by atoms with Gasteiger partial charge in [0.2, 0.25) is 0 Å². The number of carbonyl (C=O) groups is 1. The monoisotopic (exact) mass is 290 g/mol. The first kappa shape index (κ1) is 14.6. The summed E-state index contributed by atoms with van der Waals surface area (Å²) in [6, 6.07) is 6.78. The largest absolute Gasteiger partial charge is 0.505 e. The number of nitrogens with one attached hydrogen (secondary N) is 1.